The Labute approximate surface area is 144 Å². The van der Waals surface area contributed by atoms with Crippen LogP contribution in [-0.2, 0) is 11.2 Å². The number of carbonyl (C=O) groups is 1. The smallest absolute Gasteiger partial charge is 0.232 e. The first-order valence-corrected chi connectivity index (χ1v) is 8.95. The maximum Gasteiger partial charge on any atom is 0.232 e. The van der Waals surface area contributed by atoms with E-state index in [2.05, 4.69) is 27.0 Å². The maximum absolute atomic E-state index is 12.1. The Balaban J connectivity index is 1.53. The molecule has 1 aromatic heterocycles. The standard InChI is InChI=1S/C17H29N5O2/c1-20(2)8-9-22-12-14(11-16(22)23)17-18-15(19-24-17)10-13-4-6-21(3)7-5-13/h13-14H,4-12H2,1-3H3/t14-/m0/s1. The highest BCUT2D eigenvalue weighted by Crippen LogP contribution is 2.27. The number of hydrogen-bond donors (Lipinski definition) is 0. The van der Waals surface area contributed by atoms with E-state index in [9.17, 15) is 4.79 Å². The molecule has 0 spiro atoms. The molecule has 2 fully saturated rings. The number of piperidine rings is 1. The lowest BCUT2D eigenvalue weighted by atomic mass is 9.93. The highest BCUT2D eigenvalue weighted by molar-refractivity contribution is 5.79. The predicted octanol–water partition coefficient (Wildman–Crippen LogP) is 0.831. The largest absolute Gasteiger partial charge is 0.341 e. The maximum atomic E-state index is 12.1. The molecule has 0 aromatic carbocycles. The summed E-state index contributed by atoms with van der Waals surface area (Å²) in [7, 11) is 6.21. The van der Waals surface area contributed by atoms with Gasteiger partial charge in [0, 0.05) is 32.5 Å². The second-order valence-corrected chi connectivity index (χ2v) is 7.54. The van der Waals surface area contributed by atoms with Gasteiger partial charge in [0.15, 0.2) is 5.82 Å². The summed E-state index contributed by atoms with van der Waals surface area (Å²) in [6, 6.07) is 0. The van der Waals surface area contributed by atoms with Gasteiger partial charge in [0.2, 0.25) is 11.8 Å². The summed E-state index contributed by atoms with van der Waals surface area (Å²) in [6.07, 6.45) is 3.77. The van der Waals surface area contributed by atoms with Crippen molar-refractivity contribution in [2.24, 2.45) is 5.92 Å². The lowest BCUT2D eigenvalue weighted by molar-refractivity contribution is -0.127. The van der Waals surface area contributed by atoms with Gasteiger partial charge < -0.3 is 19.2 Å². The van der Waals surface area contributed by atoms with Crippen molar-refractivity contribution in [3.05, 3.63) is 11.7 Å². The van der Waals surface area contributed by atoms with Gasteiger partial charge in [-0.3, -0.25) is 4.79 Å². The van der Waals surface area contributed by atoms with E-state index in [4.69, 9.17) is 4.52 Å². The lowest BCUT2D eigenvalue weighted by Crippen LogP contribution is -2.32. The van der Waals surface area contributed by atoms with Crippen molar-refractivity contribution in [1.29, 1.82) is 0 Å². The SMILES string of the molecule is CN(C)CCN1C[C@@H](c2nc(CC3CCN(C)CC3)no2)CC1=O. The van der Waals surface area contributed by atoms with Crippen LogP contribution in [0.1, 0.15) is 36.9 Å². The number of aromatic nitrogens is 2. The minimum absolute atomic E-state index is 0.0541. The molecule has 3 heterocycles. The second-order valence-electron chi connectivity index (χ2n) is 7.54. The Bertz CT molecular complexity index is 551. The number of amides is 1. The molecule has 3 rings (SSSR count). The van der Waals surface area contributed by atoms with Crippen LogP contribution >= 0.6 is 0 Å². The van der Waals surface area contributed by atoms with E-state index in [1.165, 1.54) is 12.8 Å². The average Bonchev–Trinajstić information content (AvgIpc) is 3.14. The van der Waals surface area contributed by atoms with Crippen molar-refractivity contribution >= 4 is 5.91 Å². The number of nitrogens with zero attached hydrogens (tertiary/aromatic N) is 5. The van der Waals surface area contributed by atoms with Gasteiger partial charge in [0.1, 0.15) is 0 Å². The molecule has 1 atom stereocenters. The van der Waals surface area contributed by atoms with Crippen LogP contribution in [0.4, 0.5) is 0 Å². The highest BCUT2D eigenvalue weighted by Gasteiger charge is 2.34. The zero-order valence-corrected chi connectivity index (χ0v) is 15.1. The third-order valence-electron chi connectivity index (χ3n) is 5.17. The van der Waals surface area contributed by atoms with Crippen molar-refractivity contribution in [3.8, 4) is 0 Å². The van der Waals surface area contributed by atoms with Gasteiger partial charge in [-0.2, -0.15) is 4.98 Å². The minimum atomic E-state index is 0.0541. The van der Waals surface area contributed by atoms with Gasteiger partial charge in [-0.1, -0.05) is 5.16 Å². The third kappa shape index (κ3) is 4.33. The molecule has 1 amide bonds. The van der Waals surface area contributed by atoms with Crippen LogP contribution < -0.4 is 0 Å². The molecule has 0 unspecified atom stereocenters. The quantitative estimate of drug-likeness (QED) is 0.767. The fraction of sp³-hybridized carbons (Fsp3) is 0.824. The first-order valence-electron chi connectivity index (χ1n) is 8.95. The zero-order chi connectivity index (χ0) is 17.1. The van der Waals surface area contributed by atoms with Crippen molar-refractivity contribution in [2.45, 2.75) is 31.6 Å². The summed E-state index contributed by atoms with van der Waals surface area (Å²) in [4.78, 5) is 23.1. The second kappa shape index (κ2) is 7.61. The molecule has 7 heteroatoms. The molecule has 0 radical (unpaired) electrons. The van der Waals surface area contributed by atoms with E-state index in [1.54, 1.807) is 0 Å². The number of likely N-dealkylation sites (tertiary alicyclic amines) is 2. The topological polar surface area (TPSA) is 65.7 Å². The van der Waals surface area contributed by atoms with Crippen molar-refractivity contribution in [1.82, 2.24) is 24.8 Å². The third-order valence-corrected chi connectivity index (χ3v) is 5.17. The number of carbonyl (C=O) groups excluding carboxylic acids is 1. The summed E-state index contributed by atoms with van der Waals surface area (Å²) in [5.41, 5.74) is 0. The zero-order valence-electron chi connectivity index (χ0n) is 15.1. The molecule has 134 valence electrons. The number of likely N-dealkylation sites (N-methyl/N-ethyl adjacent to an activating group) is 1. The Morgan fingerprint density at radius 3 is 2.75 bits per heavy atom. The summed E-state index contributed by atoms with van der Waals surface area (Å²) >= 11 is 0. The van der Waals surface area contributed by atoms with Crippen LogP contribution in [0.3, 0.4) is 0 Å². The Morgan fingerprint density at radius 1 is 1.29 bits per heavy atom. The normalized spacial score (nSPS) is 23.6. The van der Waals surface area contributed by atoms with Crippen LogP contribution in [0.15, 0.2) is 4.52 Å². The Kier molecular flexibility index (Phi) is 5.50. The number of hydrogen-bond acceptors (Lipinski definition) is 6. The summed E-state index contributed by atoms with van der Waals surface area (Å²) in [5, 5.41) is 4.16. The monoisotopic (exact) mass is 335 g/mol. The molecule has 7 nitrogen and oxygen atoms in total. The van der Waals surface area contributed by atoms with Crippen LogP contribution in [-0.4, -0.2) is 84.6 Å². The summed E-state index contributed by atoms with van der Waals surface area (Å²) in [5.74, 6) is 2.33. The van der Waals surface area contributed by atoms with Gasteiger partial charge in [0.25, 0.3) is 0 Å². The average molecular weight is 335 g/mol. The molecule has 2 aliphatic rings. The fourth-order valence-corrected chi connectivity index (χ4v) is 3.51. The molecule has 0 N–H and O–H groups in total. The molecule has 24 heavy (non-hydrogen) atoms. The van der Waals surface area contributed by atoms with E-state index in [0.717, 1.165) is 38.4 Å². The van der Waals surface area contributed by atoms with Gasteiger partial charge in [-0.05, 0) is 53.0 Å². The molecular formula is C17H29N5O2. The first kappa shape index (κ1) is 17.4. The van der Waals surface area contributed by atoms with Gasteiger partial charge in [-0.15, -0.1) is 0 Å². The van der Waals surface area contributed by atoms with Gasteiger partial charge in [-0.25, -0.2) is 0 Å². The highest BCUT2D eigenvalue weighted by atomic mass is 16.5. The lowest BCUT2D eigenvalue weighted by Gasteiger charge is -2.28. The Hall–Kier alpha value is -1.47. The van der Waals surface area contributed by atoms with E-state index < -0.39 is 0 Å². The van der Waals surface area contributed by atoms with Crippen LogP contribution in [0.25, 0.3) is 0 Å². The van der Waals surface area contributed by atoms with Crippen LogP contribution in [0.2, 0.25) is 0 Å². The van der Waals surface area contributed by atoms with Crippen molar-refractivity contribution in [2.75, 3.05) is 53.9 Å². The molecule has 0 bridgehead atoms. The van der Waals surface area contributed by atoms with E-state index in [0.29, 0.717) is 24.8 Å². The molecule has 2 aliphatic heterocycles. The molecule has 0 saturated carbocycles. The van der Waals surface area contributed by atoms with E-state index >= 15 is 0 Å². The fourth-order valence-electron chi connectivity index (χ4n) is 3.51. The molecule has 2 saturated heterocycles. The van der Waals surface area contributed by atoms with Gasteiger partial charge >= 0.3 is 0 Å². The van der Waals surface area contributed by atoms with Crippen LogP contribution in [0, 0.1) is 5.92 Å². The van der Waals surface area contributed by atoms with E-state index in [-0.39, 0.29) is 11.8 Å². The molecular weight excluding hydrogens is 306 g/mol. The van der Waals surface area contributed by atoms with E-state index in [1.807, 2.05) is 19.0 Å². The Morgan fingerprint density at radius 2 is 2.04 bits per heavy atom. The first-order chi connectivity index (χ1) is 11.5. The summed E-state index contributed by atoms with van der Waals surface area (Å²) in [6.45, 7) is 4.63. The number of rotatable bonds is 6. The molecule has 1 aromatic rings. The summed E-state index contributed by atoms with van der Waals surface area (Å²) < 4.78 is 5.47. The van der Waals surface area contributed by atoms with Crippen LogP contribution in [0.5, 0.6) is 0 Å². The van der Waals surface area contributed by atoms with Crippen molar-refractivity contribution < 1.29 is 9.32 Å². The van der Waals surface area contributed by atoms with Crippen molar-refractivity contribution in [3.63, 3.8) is 0 Å². The molecule has 0 aliphatic carbocycles. The minimum Gasteiger partial charge on any atom is -0.341 e. The predicted molar refractivity (Wildman–Crippen MR) is 90.7 cm³/mol. The van der Waals surface area contributed by atoms with Gasteiger partial charge in [0.05, 0.1) is 5.92 Å².